The van der Waals surface area contributed by atoms with Crippen LogP contribution in [0.15, 0.2) is 63.6 Å². The highest BCUT2D eigenvalue weighted by atomic mass is 32.2. The molecule has 0 atom stereocenters. The van der Waals surface area contributed by atoms with E-state index in [0.717, 1.165) is 54.1 Å². The topological polar surface area (TPSA) is 71.3 Å². The highest BCUT2D eigenvalue weighted by Crippen LogP contribution is 2.28. The molecule has 0 saturated carbocycles. The zero-order chi connectivity index (χ0) is 22.6. The van der Waals surface area contributed by atoms with Gasteiger partial charge in [-0.25, -0.2) is 9.97 Å². The molecule has 8 heteroatoms. The van der Waals surface area contributed by atoms with E-state index in [-0.39, 0.29) is 11.9 Å². The van der Waals surface area contributed by atoms with Gasteiger partial charge in [0.2, 0.25) is 0 Å². The van der Waals surface area contributed by atoms with Gasteiger partial charge in [-0.3, -0.25) is 9.69 Å². The van der Waals surface area contributed by atoms with Gasteiger partial charge in [-0.15, -0.1) is 11.3 Å². The van der Waals surface area contributed by atoms with Crippen LogP contribution >= 0.6 is 23.1 Å². The Kier molecular flexibility index (Phi) is 6.75. The second-order valence-electron chi connectivity index (χ2n) is 8.33. The average molecular weight is 479 g/mol. The van der Waals surface area contributed by atoms with E-state index in [2.05, 4.69) is 44.5 Å². The number of nitrogens with one attached hydrogen (secondary N) is 1. The number of benzene rings is 2. The summed E-state index contributed by atoms with van der Waals surface area (Å²) in [6, 6.07) is 16.7. The molecule has 0 unspecified atom stereocenters. The summed E-state index contributed by atoms with van der Waals surface area (Å²) in [5, 5.41) is 6.53. The molecular formula is C25H26N4O2S2. The number of likely N-dealkylation sites (tertiary alicyclic amines) is 1. The zero-order valence-corrected chi connectivity index (χ0v) is 20.1. The number of amides is 1. The number of para-hydroxylation sites is 1. The number of fused-ring (bicyclic) bond motifs is 1. The van der Waals surface area contributed by atoms with Crippen LogP contribution < -0.4 is 5.32 Å². The van der Waals surface area contributed by atoms with Crippen molar-refractivity contribution in [3.63, 3.8) is 0 Å². The molecule has 6 nitrogen and oxygen atoms in total. The molecular weight excluding hydrogens is 452 g/mol. The number of rotatable bonds is 7. The standard InChI is InChI=1S/C25H26N4O2S2/c1-17-6-5-9-21-23(17)28-25(31-21)33-16-22-27-20(15-32-22)24(30)26-19-10-12-29(13-11-19)14-18-7-3-2-4-8-18/h2-9,15,19H,10-14,16H2,1H3,(H,26,30). The summed E-state index contributed by atoms with van der Waals surface area (Å²) in [6.07, 6.45) is 1.92. The molecule has 1 N–H and O–H groups in total. The first-order valence-corrected chi connectivity index (χ1v) is 13.0. The number of hydrogen-bond acceptors (Lipinski definition) is 7. The largest absolute Gasteiger partial charge is 0.431 e. The van der Waals surface area contributed by atoms with Gasteiger partial charge in [-0.2, -0.15) is 0 Å². The summed E-state index contributed by atoms with van der Waals surface area (Å²) in [6.45, 7) is 4.97. The van der Waals surface area contributed by atoms with Crippen molar-refractivity contribution in [1.82, 2.24) is 20.2 Å². The second kappa shape index (κ2) is 10.1. The zero-order valence-electron chi connectivity index (χ0n) is 18.5. The molecule has 33 heavy (non-hydrogen) atoms. The van der Waals surface area contributed by atoms with Gasteiger partial charge in [-0.1, -0.05) is 54.2 Å². The summed E-state index contributed by atoms with van der Waals surface area (Å²) in [7, 11) is 0. The third-order valence-electron chi connectivity index (χ3n) is 5.88. The number of aromatic nitrogens is 2. The molecule has 2 aromatic carbocycles. The van der Waals surface area contributed by atoms with Crippen molar-refractivity contribution in [2.75, 3.05) is 13.1 Å². The van der Waals surface area contributed by atoms with Gasteiger partial charge < -0.3 is 9.73 Å². The van der Waals surface area contributed by atoms with Crippen molar-refractivity contribution in [2.24, 2.45) is 0 Å². The van der Waals surface area contributed by atoms with Crippen molar-refractivity contribution in [3.8, 4) is 0 Å². The van der Waals surface area contributed by atoms with Gasteiger partial charge >= 0.3 is 0 Å². The second-order valence-corrected chi connectivity index (χ2v) is 10.2. The van der Waals surface area contributed by atoms with Crippen molar-refractivity contribution in [3.05, 3.63) is 75.7 Å². The van der Waals surface area contributed by atoms with Gasteiger partial charge in [0.05, 0.1) is 5.75 Å². The molecule has 1 aliphatic heterocycles. The van der Waals surface area contributed by atoms with Crippen molar-refractivity contribution in [2.45, 2.75) is 43.3 Å². The molecule has 0 aliphatic carbocycles. The summed E-state index contributed by atoms with van der Waals surface area (Å²) in [5.74, 6) is 0.545. The fraction of sp³-hybridized carbons (Fsp3) is 0.320. The maximum absolute atomic E-state index is 12.7. The van der Waals surface area contributed by atoms with E-state index in [4.69, 9.17) is 4.42 Å². The maximum Gasteiger partial charge on any atom is 0.270 e. The summed E-state index contributed by atoms with van der Waals surface area (Å²) in [4.78, 5) is 24.3. The predicted octanol–water partition coefficient (Wildman–Crippen LogP) is 5.28. The summed E-state index contributed by atoms with van der Waals surface area (Å²) >= 11 is 3.00. The predicted molar refractivity (Wildman–Crippen MR) is 133 cm³/mol. The Balaban J connectivity index is 1.10. The van der Waals surface area contributed by atoms with Crippen LogP contribution in [0.2, 0.25) is 0 Å². The molecule has 0 spiro atoms. The Labute approximate surface area is 201 Å². The molecule has 1 saturated heterocycles. The molecule has 5 rings (SSSR count). The lowest BCUT2D eigenvalue weighted by atomic mass is 10.0. The number of carbonyl (C=O) groups excluding carboxylic acids is 1. The van der Waals surface area contributed by atoms with Crippen LogP contribution in [0.25, 0.3) is 11.1 Å². The molecule has 2 aromatic heterocycles. The lowest BCUT2D eigenvalue weighted by Crippen LogP contribution is -2.44. The minimum Gasteiger partial charge on any atom is -0.431 e. The number of hydrogen-bond donors (Lipinski definition) is 1. The Morgan fingerprint density at radius 1 is 1.15 bits per heavy atom. The quantitative estimate of drug-likeness (QED) is 0.365. The number of carbonyl (C=O) groups is 1. The lowest BCUT2D eigenvalue weighted by Gasteiger charge is -2.32. The smallest absolute Gasteiger partial charge is 0.270 e. The third kappa shape index (κ3) is 5.46. The molecule has 170 valence electrons. The molecule has 3 heterocycles. The van der Waals surface area contributed by atoms with E-state index < -0.39 is 0 Å². The van der Waals surface area contributed by atoms with Gasteiger partial charge in [0, 0.05) is 31.1 Å². The van der Waals surface area contributed by atoms with E-state index in [0.29, 0.717) is 16.7 Å². The highest BCUT2D eigenvalue weighted by Gasteiger charge is 2.22. The minimum atomic E-state index is -0.0819. The van der Waals surface area contributed by atoms with Crippen LogP contribution in [0.3, 0.4) is 0 Å². The first kappa shape index (κ1) is 22.1. The SMILES string of the molecule is Cc1cccc2oc(SCc3nc(C(=O)NC4CCN(Cc5ccccc5)CC4)cs3)nc12. The van der Waals surface area contributed by atoms with Crippen LogP contribution in [0.4, 0.5) is 0 Å². The first-order chi connectivity index (χ1) is 16.1. The fourth-order valence-electron chi connectivity index (χ4n) is 4.07. The van der Waals surface area contributed by atoms with Gasteiger partial charge in [-0.05, 0) is 37.0 Å². The number of aryl methyl sites for hydroxylation is 1. The molecule has 0 radical (unpaired) electrons. The van der Waals surface area contributed by atoms with Crippen molar-refractivity contribution < 1.29 is 9.21 Å². The van der Waals surface area contributed by atoms with Gasteiger partial charge in [0.25, 0.3) is 11.1 Å². The van der Waals surface area contributed by atoms with E-state index in [1.807, 2.05) is 36.6 Å². The van der Waals surface area contributed by atoms with Crippen LogP contribution in [-0.4, -0.2) is 39.9 Å². The third-order valence-corrected chi connectivity index (χ3v) is 7.75. The average Bonchev–Trinajstić information content (AvgIpc) is 3.47. The van der Waals surface area contributed by atoms with Crippen LogP contribution in [0.1, 0.15) is 39.5 Å². The molecule has 1 aliphatic rings. The summed E-state index contributed by atoms with van der Waals surface area (Å²) in [5.41, 5.74) is 4.62. The van der Waals surface area contributed by atoms with Crippen molar-refractivity contribution in [1.29, 1.82) is 0 Å². The maximum atomic E-state index is 12.7. The Morgan fingerprint density at radius 3 is 2.76 bits per heavy atom. The highest BCUT2D eigenvalue weighted by molar-refractivity contribution is 7.98. The monoisotopic (exact) mass is 478 g/mol. The molecule has 1 fully saturated rings. The Morgan fingerprint density at radius 2 is 1.97 bits per heavy atom. The normalized spacial score (nSPS) is 15.2. The van der Waals surface area contributed by atoms with Gasteiger partial charge in [0.1, 0.15) is 16.2 Å². The Bertz CT molecular complexity index is 1230. The van der Waals surface area contributed by atoms with Crippen LogP contribution in [-0.2, 0) is 12.3 Å². The lowest BCUT2D eigenvalue weighted by molar-refractivity contribution is 0.0904. The molecule has 4 aromatic rings. The van der Waals surface area contributed by atoms with E-state index in [9.17, 15) is 4.79 Å². The van der Waals surface area contributed by atoms with E-state index in [1.165, 1.54) is 28.7 Å². The summed E-state index contributed by atoms with van der Waals surface area (Å²) < 4.78 is 5.82. The Hall–Kier alpha value is -2.68. The molecule has 0 bridgehead atoms. The van der Waals surface area contributed by atoms with Crippen LogP contribution in [0, 0.1) is 6.92 Å². The van der Waals surface area contributed by atoms with Crippen LogP contribution in [0.5, 0.6) is 0 Å². The number of thioether (sulfide) groups is 1. The number of nitrogens with zero attached hydrogens (tertiary/aromatic N) is 3. The van der Waals surface area contributed by atoms with Crippen molar-refractivity contribution >= 4 is 40.1 Å². The first-order valence-electron chi connectivity index (χ1n) is 11.1. The number of thiazole rings is 1. The number of piperidine rings is 1. The fourth-order valence-corrected chi connectivity index (χ4v) is 5.69. The van der Waals surface area contributed by atoms with Gasteiger partial charge in [0.15, 0.2) is 5.58 Å². The van der Waals surface area contributed by atoms with E-state index in [1.54, 1.807) is 0 Å². The minimum absolute atomic E-state index is 0.0819. The number of oxazole rings is 1. The molecule has 1 amide bonds. The van der Waals surface area contributed by atoms with E-state index >= 15 is 0 Å².